The number of Topliss-reactive ketones (excluding diaryl/α,β-unsaturated/α-hetero) is 1. The molecular formula is C16H12ClN3O3. The zero-order chi connectivity index (χ0) is 16.6. The molecule has 0 amide bonds. The molecule has 2 aromatic rings. The summed E-state index contributed by atoms with van der Waals surface area (Å²) in [4.78, 5) is 36.9. The Morgan fingerprint density at radius 1 is 1.26 bits per heavy atom. The molecule has 0 N–H and O–H groups in total. The third kappa shape index (κ3) is 2.96. The number of hydrogen-bond donors (Lipinski definition) is 0. The Hall–Kier alpha value is -2.65. The molecule has 1 aliphatic rings. The van der Waals surface area contributed by atoms with Crippen LogP contribution in [-0.2, 0) is 6.54 Å². The summed E-state index contributed by atoms with van der Waals surface area (Å²) in [6, 6.07) is 7.98. The van der Waals surface area contributed by atoms with Crippen LogP contribution in [0.15, 0.2) is 40.1 Å². The van der Waals surface area contributed by atoms with Crippen molar-refractivity contribution in [3.63, 3.8) is 0 Å². The van der Waals surface area contributed by atoms with E-state index >= 15 is 0 Å². The third-order valence-corrected chi connectivity index (χ3v) is 3.98. The summed E-state index contributed by atoms with van der Waals surface area (Å²) < 4.78 is 2.20. The first-order chi connectivity index (χ1) is 11.0. The first-order valence-corrected chi connectivity index (χ1v) is 7.44. The number of nitrogens with zero attached hydrogens (tertiary/aromatic N) is 3. The molecule has 1 aromatic heterocycles. The van der Waals surface area contributed by atoms with Crippen molar-refractivity contribution in [2.75, 3.05) is 0 Å². The first kappa shape index (κ1) is 15.3. The average Bonchev–Trinajstić information content (AvgIpc) is 3.37. The second-order valence-corrected chi connectivity index (χ2v) is 5.83. The molecule has 1 fully saturated rings. The minimum Gasteiger partial charge on any atom is -0.296 e. The van der Waals surface area contributed by atoms with Crippen LogP contribution in [0.4, 0.5) is 0 Å². The lowest BCUT2D eigenvalue weighted by molar-refractivity contribution is 0.0968. The van der Waals surface area contributed by atoms with Crippen molar-refractivity contribution in [1.82, 2.24) is 9.13 Å². The molecule has 0 unspecified atom stereocenters. The van der Waals surface area contributed by atoms with Crippen molar-refractivity contribution >= 4 is 17.4 Å². The number of nitriles is 1. The number of aromatic nitrogens is 2. The zero-order valence-corrected chi connectivity index (χ0v) is 12.8. The van der Waals surface area contributed by atoms with Crippen LogP contribution >= 0.6 is 11.6 Å². The average molecular weight is 330 g/mol. The SMILES string of the molecule is N#Cc1cn(C2CC2)c(=O)n(CC(=O)c2ccc(Cl)cc2)c1=O. The van der Waals surface area contributed by atoms with E-state index in [4.69, 9.17) is 16.9 Å². The highest BCUT2D eigenvalue weighted by molar-refractivity contribution is 6.30. The van der Waals surface area contributed by atoms with Crippen molar-refractivity contribution in [2.24, 2.45) is 0 Å². The van der Waals surface area contributed by atoms with E-state index in [0.29, 0.717) is 10.6 Å². The lowest BCUT2D eigenvalue weighted by Gasteiger charge is -2.09. The monoisotopic (exact) mass is 329 g/mol. The highest BCUT2D eigenvalue weighted by Gasteiger charge is 2.27. The van der Waals surface area contributed by atoms with E-state index < -0.39 is 23.6 Å². The van der Waals surface area contributed by atoms with Gasteiger partial charge in [-0.15, -0.1) is 0 Å². The molecule has 0 saturated heterocycles. The van der Waals surface area contributed by atoms with E-state index in [1.807, 2.05) is 0 Å². The van der Waals surface area contributed by atoms with E-state index in [1.54, 1.807) is 18.2 Å². The van der Waals surface area contributed by atoms with E-state index in [0.717, 1.165) is 17.4 Å². The van der Waals surface area contributed by atoms with E-state index in [1.165, 1.54) is 22.9 Å². The molecule has 3 rings (SSSR count). The molecule has 7 heteroatoms. The maximum absolute atomic E-state index is 12.4. The van der Waals surface area contributed by atoms with Crippen molar-refractivity contribution in [3.05, 3.63) is 67.4 Å². The number of rotatable bonds is 4. The van der Waals surface area contributed by atoms with Crippen molar-refractivity contribution in [1.29, 1.82) is 5.26 Å². The van der Waals surface area contributed by atoms with Crippen LogP contribution in [-0.4, -0.2) is 14.9 Å². The molecule has 1 saturated carbocycles. The van der Waals surface area contributed by atoms with Crippen molar-refractivity contribution in [3.8, 4) is 6.07 Å². The van der Waals surface area contributed by atoms with Crippen molar-refractivity contribution < 1.29 is 4.79 Å². The van der Waals surface area contributed by atoms with E-state index in [9.17, 15) is 14.4 Å². The smallest absolute Gasteiger partial charge is 0.296 e. The lowest BCUT2D eigenvalue weighted by Crippen LogP contribution is -2.42. The topological polar surface area (TPSA) is 84.9 Å². The second kappa shape index (κ2) is 5.86. The van der Waals surface area contributed by atoms with Crippen LogP contribution in [0.25, 0.3) is 0 Å². The summed E-state index contributed by atoms with van der Waals surface area (Å²) in [6.45, 7) is -0.401. The Morgan fingerprint density at radius 3 is 2.48 bits per heavy atom. The number of ketones is 1. The Morgan fingerprint density at radius 2 is 1.91 bits per heavy atom. The maximum Gasteiger partial charge on any atom is 0.331 e. The van der Waals surface area contributed by atoms with Gasteiger partial charge >= 0.3 is 5.69 Å². The van der Waals surface area contributed by atoms with Crippen LogP contribution in [0.3, 0.4) is 0 Å². The van der Waals surface area contributed by atoms with Gasteiger partial charge in [-0.25, -0.2) is 4.79 Å². The van der Waals surface area contributed by atoms with E-state index in [2.05, 4.69) is 0 Å². The fraction of sp³-hybridized carbons (Fsp3) is 0.250. The fourth-order valence-electron chi connectivity index (χ4n) is 2.32. The van der Waals surface area contributed by atoms with Gasteiger partial charge in [-0.05, 0) is 37.1 Å². The quantitative estimate of drug-likeness (QED) is 0.800. The van der Waals surface area contributed by atoms with Gasteiger partial charge in [-0.1, -0.05) is 11.6 Å². The molecule has 1 aromatic carbocycles. The largest absolute Gasteiger partial charge is 0.331 e. The Kier molecular flexibility index (Phi) is 3.89. The first-order valence-electron chi connectivity index (χ1n) is 7.06. The van der Waals surface area contributed by atoms with Gasteiger partial charge in [0.15, 0.2) is 5.78 Å². The van der Waals surface area contributed by atoms with Gasteiger partial charge in [-0.3, -0.25) is 18.7 Å². The van der Waals surface area contributed by atoms with Crippen LogP contribution in [0, 0.1) is 11.3 Å². The molecule has 1 aliphatic carbocycles. The summed E-state index contributed by atoms with van der Waals surface area (Å²) >= 11 is 5.77. The predicted molar refractivity (Wildman–Crippen MR) is 83.7 cm³/mol. The van der Waals surface area contributed by atoms with Gasteiger partial charge in [0.2, 0.25) is 0 Å². The molecule has 0 aliphatic heterocycles. The molecule has 116 valence electrons. The van der Waals surface area contributed by atoms with Gasteiger partial charge in [0.05, 0.1) is 6.54 Å². The number of hydrogen-bond acceptors (Lipinski definition) is 4. The Balaban J connectivity index is 2.02. The minimum atomic E-state index is -0.739. The second-order valence-electron chi connectivity index (χ2n) is 5.40. The molecule has 0 atom stereocenters. The maximum atomic E-state index is 12.4. The minimum absolute atomic E-state index is 0.00656. The van der Waals surface area contributed by atoms with Crippen LogP contribution in [0.5, 0.6) is 0 Å². The number of halogens is 1. The van der Waals surface area contributed by atoms with Gasteiger partial charge in [0.25, 0.3) is 5.56 Å². The molecule has 6 nitrogen and oxygen atoms in total. The lowest BCUT2D eigenvalue weighted by atomic mass is 10.1. The van der Waals surface area contributed by atoms with E-state index in [-0.39, 0.29) is 11.6 Å². The summed E-state index contributed by atoms with van der Waals surface area (Å²) in [5.74, 6) is -0.390. The molecule has 0 spiro atoms. The molecule has 0 radical (unpaired) electrons. The fourth-order valence-corrected chi connectivity index (χ4v) is 2.45. The summed E-state index contributed by atoms with van der Waals surface area (Å²) in [6.07, 6.45) is 2.94. The molecule has 23 heavy (non-hydrogen) atoms. The van der Waals surface area contributed by atoms with Gasteiger partial charge < -0.3 is 0 Å². The third-order valence-electron chi connectivity index (χ3n) is 3.72. The summed E-state index contributed by atoms with van der Waals surface area (Å²) in [7, 11) is 0. The zero-order valence-electron chi connectivity index (χ0n) is 12.0. The van der Waals surface area contributed by atoms with Crippen LogP contribution in [0.1, 0.15) is 34.8 Å². The molecular weight excluding hydrogens is 318 g/mol. The molecule has 1 heterocycles. The Labute approximate surface area is 136 Å². The summed E-state index contributed by atoms with van der Waals surface area (Å²) in [5.41, 5.74) is -1.09. The standard InChI is InChI=1S/C16H12ClN3O3/c17-12-3-1-10(2-4-12)14(21)9-20-15(22)11(7-18)8-19(16(20)23)13-5-6-13/h1-4,8,13H,5-6,9H2. The normalized spacial score (nSPS) is 13.6. The van der Waals surface area contributed by atoms with Gasteiger partial charge in [0, 0.05) is 22.8 Å². The number of carbonyl (C=O) groups is 1. The highest BCUT2D eigenvalue weighted by Crippen LogP contribution is 2.33. The van der Waals surface area contributed by atoms with Gasteiger partial charge in [-0.2, -0.15) is 5.26 Å². The number of benzene rings is 1. The number of carbonyl (C=O) groups excluding carboxylic acids is 1. The Bertz CT molecular complexity index is 931. The van der Waals surface area contributed by atoms with Crippen LogP contribution < -0.4 is 11.2 Å². The van der Waals surface area contributed by atoms with Gasteiger partial charge in [0.1, 0.15) is 11.6 Å². The molecule has 0 bridgehead atoms. The summed E-state index contributed by atoms with van der Waals surface area (Å²) in [5, 5.41) is 9.55. The predicted octanol–water partition coefficient (Wildman–Crippen LogP) is 1.75. The van der Waals surface area contributed by atoms with Crippen molar-refractivity contribution in [2.45, 2.75) is 25.4 Å². The van der Waals surface area contributed by atoms with Crippen LogP contribution in [0.2, 0.25) is 5.02 Å². The highest BCUT2D eigenvalue weighted by atomic mass is 35.5.